The summed E-state index contributed by atoms with van der Waals surface area (Å²) in [6.45, 7) is 0. The van der Waals surface area contributed by atoms with E-state index in [2.05, 4.69) is 9.72 Å². The molecule has 0 saturated carbocycles. The molecule has 0 aliphatic carbocycles. The minimum absolute atomic E-state index is 0. The number of hydrogen-bond acceptors (Lipinski definition) is 3. The molecule has 0 unspecified atom stereocenters. The van der Waals surface area contributed by atoms with Crippen molar-refractivity contribution in [1.82, 2.24) is 4.98 Å². The van der Waals surface area contributed by atoms with Crippen molar-refractivity contribution in [2.75, 3.05) is 7.11 Å². The summed E-state index contributed by atoms with van der Waals surface area (Å²) in [5, 5.41) is 8.92. The van der Waals surface area contributed by atoms with Crippen LogP contribution in [0.5, 0.6) is 11.6 Å². The highest BCUT2D eigenvalue weighted by Gasteiger charge is 1.96. The molecule has 1 aromatic heterocycles. The molecule has 4 heteroatoms. The fourth-order valence-corrected chi connectivity index (χ4v) is 0.540. The van der Waals surface area contributed by atoms with E-state index in [4.69, 9.17) is 5.11 Å². The molecule has 0 spiro atoms. The molecule has 56 valence electrons. The van der Waals surface area contributed by atoms with Gasteiger partial charge in [-0.2, -0.15) is 0 Å². The van der Waals surface area contributed by atoms with E-state index in [1.54, 1.807) is 12.3 Å². The number of ether oxygens (including phenoxy) is 1. The number of rotatable bonds is 1. The first kappa shape index (κ1) is 8.71. The van der Waals surface area contributed by atoms with Crippen LogP contribution in [0.4, 0.5) is 0 Å². The van der Waals surface area contributed by atoms with Gasteiger partial charge in [0.15, 0.2) is 5.75 Å². The number of hydrogen-bond donors (Lipinski definition) is 1. The number of aromatic hydroxyl groups is 1. The Morgan fingerprint density at radius 1 is 1.60 bits per heavy atom. The van der Waals surface area contributed by atoms with Crippen LogP contribution in [0.2, 0.25) is 0 Å². The summed E-state index contributed by atoms with van der Waals surface area (Å²) in [5.41, 5.74) is 0. The average Bonchev–Trinajstić information content (AvgIpc) is 1.89. The molecule has 1 heterocycles. The minimum atomic E-state index is 0. The van der Waals surface area contributed by atoms with Gasteiger partial charge in [-0.1, -0.05) is 0 Å². The second kappa shape index (κ2) is 3.68. The topological polar surface area (TPSA) is 73.8 Å². The lowest BCUT2D eigenvalue weighted by atomic mass is 10.4. The van der Waals surface area contributed by atoms with Crippen molar-refractivity contribution in [2.24, 2.45) is 0 Å². The van der Waals surface area contributed by atoms with Gasteiger partial charge in [0.1, 0.15) is 0 Å². The first-order valence-corrected chi connectivity index (χ1v) is 2.52. The maximum Gasteiger partial charge on any atom is 0.256 e. The predicted octanol–water partition coefficient (Wildman–Crippen LogP) is -0.0289. The zero-order valence-corrected chi connectivity index (χ0v) is 5.53. The molecular formula is C6H9NO3. The van der Waals surface area contributed by atoms with Crippen molar-refractivity contribution >= 4 is 0 Å². The van der Waals surface area contributed by atoms with E-state index in [1.807, 2.05) is 0 Å². The van der Waals surface area contributed by atoms with Gasteiger partial charge in [0.25, 0.3) is 5.88 Å². The molecule has 0 amide bonds. The highest BCUT2D eigenvalue weighted by atomic mass is 16.5. The van der Waals surface area contributed by atoms with E-state index in [-0.39, 0.29) is 17.1 Å². The first-order valence-electron chi connectivity index (χ1n) is 2.52. The maximum atomic E-state index is 8.92. The first-order chi connectivity index (χ1) is 4.34. The van der Waals surface area contributed by atoms with Crippen LogP contribution in [0.3, 0.4) is 0 Å². The molecule has 3 N–H and O–H groups in total. The van der Waals surface area contributed by atoms with Crippen LogP contribution in [0.15, 0.2) is 18.3 Å². The second-order valence-electron chi connectivity index (χ2n) is 1.53. The van der Waals surface area contributed by atoms with E-state index < -0.39 is 0 Å². The van der Waals surface area contributed by atoms with Gasteiger partial charge in [0, 0.05) is 6.20 Å². The van der Waals surface area contributed by atoms with Gasteiger partial charge in [-0.25, -0.2) is 4.98 Å². The zero-order chi connectivity index (χ0) is 6.69. The van der Waals surface area contributed by atoms with E-state index in [1.165, 1.54) is 13.2 Å². The SMILES string of the molecule is COc1ncccc1O.O. The number of pyridine rings is 1. The van der Waals surface area contributed by atoms with Gasteiger partial charge < -0.3 is 15.3 Å². The zero-order valence-electron chi connectivity index (χ0n) is 5.53. The highest BCUT2D eigenvalue weighted by Crippen LogP contribution is 2.19. The van der Waals surface area contributed by atoms with Crippen molar-refractivity contribution in [1.29, 1.82) is 0 Å². The van der Waals surface area contributed by atoms with Gasteiger partial charge in [-0.3, -0.25) is 0 Å². The Morgan fingerprint density at radius 3 is 2.70 bits per heavy atom. The average molecular weight is 143 g/mol. The van der Waals surface area contributed by atoms with Gasteiger partial charge >= 0.3 is 0 Å². The fraction of sp³-hybridized carbons (Fsp3) is 0.167. The van der Waals surface area contributed by atoms with Crippen molar-refractivity contribution in [3.63, 3.8) is 0 Å². The molecule has 0 aromatic carbocycles. The lowest BCUT2D eigenvalue weighted by Gasteiger charge is -1.97. The summed E-state index contributed by atoms with van der Waals surface area (Å²) >= 11 is 0. The third kappa shape index (κ3) is 1.60. The summed E-state index contributed by atoms with van der Waals surface area (Å²) in [4.78, 5) is 3.72. The van der Waals surface area contributed by atoms with Crippen LogP contribution in [0, 0.1) is 0 Å². The Balaban J connectivity index is 0.000000810. The molecule has 0 bridgehead atoms. The van der Waals surface area contributed by atoms with Crippen LogP contribution < -0.4 is 4.74 Å². The van der Waals surface area contributed by atoms with E-state index in [9.17, 15) is 0 Å². The summed E-state index contributed by atoms with van der Waals surface area (Å²) in [6, 6.07) is 3.16. The summed E-state index contributed by atoms with van der Waals surface area (Å²) < 4.78 is 4.68. The van der Waals surface area contributed by atoms with Gasteiger partial charge in [-0.05, 0) is 12.1 Å². The Morgan fingerprint density at radius 2 is 2.30 bits per heavy atom. The Hall–Kier alpha value is -1.29. The molecule has 0 radical (unpaired) electrons. The van der Waals surface area contributed by atoms with Crippen molar-refractivity contribution in [2.45, 2.75) is 0 Å². The third-order valence-corrected chi connectivity index (χ3v) is 0.944. The van der Waals surface area contributed by atoms with Crippen LogP contribution >= 0.6 is 0 Å². The van der Waals surface area contributed by atoms with Crippen LogP contribution in [0.1, 0.15) is 0 Å². The number of nitrogens with zero attached hydrogens (tertiary/aromatic N) is 1. The molecule has 4 nitrogen and oxygen atoms in total. The van der Waals surface area contributed by atoms with Crippen LogP contribution in [0.25, 0.3) is 0 Å². The van der Waals surface area contributed by atoms with E-state index in [0.717, 1.165) is 0 Å². The monoisotopic (exact) mass is 143 g/mol. The molecule has 0 saturated heterocycles. The largest absolute Gasteiger partial charge is 0.503 e. The highest BCUT2D eigenvalue weighted by molar-refractivity contribution is 5.30. The molecule has 0 aliphatic rings. The van der Waals surface area contributed by atoms with E-state index >= 15 is 0 Å². The lowest BCUT2D eigenvalue weighted by molar-refractivity contribution is 0.358. The number of aromatic nitrogens is 1. The molecule has 0 atom stereocenters. The normalized spacial score (nSPS) is 8.10. The summed E-state index contributed by atoms with van der Waals surface area (Å²) in [5.74, 6) is 0.331. The van der Waals surface area contributed by atoms with Crippen molar-refractivity contribution in [3.8, 4) is 11.6 Å². The maximum absolute atomic E-state index is 8.92. The Labute approximate surface area is 58.4 Å². The third-order valence-electron chi connectivity index (χ3n) is 0.944. The quantitative estimate of drug-likeness (QED) is 0.599. The lowest BCUT2D eigenvalue weighted by Crippen LogP contribution is -1.85. The van der Waals surface area contributed by atoms with E-state index in [0.29, 0.717) is 0 Å². The fourth-order valence-electron chi connectivity index (χ4n) is 0.540. The van der Waals surface area contributed by atoms with Gasteiger partial charge in [0.05, 0.1) is 7.11 Å². The molecule has 10 heavy (non-hydrogen) atoms. The Kier molecular flexibility index (Phi) is 3.21. The van der Waals surface area contributed by atoms with Crippen molar-refractivity contribution < 1.29 is 15.3 Å². The minimum Gasteiger partial charge on any atom is -0.503 e. The second-order valence-corrected chi connectivity index (χ2v) is 1.53. The molecular weight excluding hydrogens is 134 g/mol. The molecule has 0 aliphatic heterocycles. The number of methoxy groups -OCH3 is 1. The van der Waals surface area contributed by atoms with Crippen LogP contribution in [-0.4, -0.2) is 22.7 Å². The van der Waals surface area contributed by atoms with Crippen molar-refractivity contribution in [3.05, 3.63) is 18.3 Å². The van der Waals surface area contributed by atoms with Gasteiger partial charge in [0.2, 0.25) is 0 Å². The summed E-state index contributed by atoms with van der Waals surface area (Å²) in [6.07, 6.45) is 1.55. The standard InChI is InChI=1S/C6H7NO2.H2O/c1-9-6-5(8)3-2-4-7-6;/h2-4,8H,1H3;1H2. The van der Waals surface area contributed by atoms with Crippen LogP contribution in [-0.2, 0) is 0 Å². The molecule has 1 aromatic rings. The molecule has 0 fully saturated rings. The van der Waals surface area contributed by atoms with Gasteiger partial charge in [-0.15, -0.1) is 0 Å². The molecule has 1 rings (SSSR count). The summed E-state index contributed by atoms with van der Waals surface area (Å²) in [7, 11) is 1.46. The smallest absolute Gasteiger partial charge is 0.256 e. The predicted molar refractivity (Wildman–Crippen MR) is 36.1 cm³/mol. The Bertz CT molecular complexity index is 202.